The van der Waals surface area contributed by atoms with Crippen LogP contribution in [0.2, 0.25) is 0 Å². The molecule has 184 valence electrons. The lowest BCUT2D eigenvalue weighted by molar-refractivity contribution is -0.134. The van der Waals surface area contributed by atoms with E-state index < -0.39 is 12.0 Å². The molecule has 2 atom stereocenters. The molecule has 1 N–H and O–H groups in total. The van der Waals surface area contributed by atoms with Gasteiger partial charge >= 0.3 is 5.97 Å². The molecule has 3 aromatic rings. The van der Waals surface area contributed by atoms with E-state index in [0.29, 0.717) is 5.75 Å². The van der Waals surface area contributed by atoms with Crippen molar-refractivity contribution in [3.05, 3.63) is 82.0 Å². The number of esters is 1. The van der Waals surface area contributed by atoms with Gasteiger partial charge in [-0.3, -0.25) is 19.4 Å². The molecule has 0 saturated carbocycles. The van der Waals surface area contributed by atoms with Crippen LogP contribution in [0, 0.1) is 26.7 Å². The van der Waals surface area contributed by atoms with E-state index in [9.17, 15) is 14.4 Å². The van der Waals surface area contributed by atoms with Crippen LogP contribution in [0.1, 0.15) is 49.4 Å². The van der Waals surface area contributed by atoms with Crippen molar-refractivity contribution in [2.45, 2.75) is 53.5 Å². The Labute approximate surface area is 206 Å². The fraction of sp³-hybridized carbons (Fsp3) is 0.357. The van der Waals surface area contributed by atoms with Crippen LogP contribution in [0.5, 0.6) is 5.75 Å². The van der Waals surface area contributed by atoms with Crippen LogP contribution < -0.4 is 15.6 Å². The van der Waals surface area contributed by atoms with Crippen molar-refractivity contribution in [1.29, 1.82) is 0 Å². The van der Waals surface area contributed by atoms with Gasteiger partial charge in [-0.05, 0) is 61.1 Å². The van der Waals surface area contributed by atoms with Gasteiger partial charge in [-0.15, -0.1) is 0 Å². The Morgan fingerprint density at radius 2 is 1.80 bits per heavy atom. The third-order valence-corrected chi connectivity index (χ3v) is 6.20. The summed E-state index contributed by atoms with van der Waals surface area (Å²) in [7, 11) is 0. The van der Waals surface area contributed by atoms with E-state index in [1.54, 1.807) is 18.5 Å². The highest BCUT2D eigenvalue weighted by Gasteiger charge is 2.26. The molecule has 2 aromatic heterocycles. The molecule has 0 saturated heterocycles. The standard InChI is InChI=1S/C28H33N3O4/c1-6-19(3)27(31-13-11-18(2)14-24(31)32)28(34)30-12-10-25(33)35-23-15-22(16-29-17-23)26-20(4)8-7-9-21(26)5/h7-9,11,13-17,19,27H,6,10,12H2,1-5H3,(H,30,34). The molecular weight excluding hydrogens is 442 g/mol. The fourth-order valence-electron chi connectivity index (χ4n) is 4.16. The molecule has 1 aromatic carbocycles. The van der Waals surface area contributed by atoms with Gasteiger partial charge in [0, 0.05) is 30.6 Å². The highest BCUT2D eigenvalue weighted by Crippen LogP contribution is 2.29. The zero-order chi connectivity index (χ0) is 25.5. The molecular formula is C28H33N3O4. The van der Waals surface area contributed by atoms with Gasteiger partial charge in [-0.25, -0.2) is 0 Å². The molecule has 0 aliphatic carbocycles. The van der Waals surface area contributed by atoms with Gasteiger partial charge in [-0.1, -0.05) is 38.5 Å². The summed E-state index contributed by atoms with van der Waals surface area (Å²) in [4.78, 5) is 42.1. The second kappa shape index (κ2) is 11.6. The number of aryl methyl sites for hydroxylation is 3. The van der Waals surface area contributed by atoms with Gasteiger partial charge < -0.3 is 14.6 Å². The molecule has 2 heterocycles. The summed E-state index contributed by atoms with van der Waals surface area (Å²) in [6.45, 7) is 9.91. The van der Waals surface area contributed by atoms with E-state index in [1.165, 1.54) is 16.8 Å². The molecule has 2 unspecified atom stereocenters. The van der Waals surface area contributed by atoms with Crippen LogP contribution >= 0.6 is 0 Å². The largest absolute Gasteiger partial charge is 0.425 e. The van der Waals surface area contributed by atoms with E-state index in [-0.39, 0.29) is 30.3 Å². The lowest BCUT2D eigenvalue weighted by Gasteiger charge is -2.24. The normalized spacial score (nSPS) is 12.6. The van der Waals surface area contributed by atoms with Gasteiger partial charge in [-0.2, -0.15) is 0 Å². The van der Waals surface area contributed by atoms with Crippen molar-refractivity contribution in [2.24, 2.45) is 5.92 Å². The summed E-state index contributed by atoms with van der Waals surface area (Å²) < 4.78 is 6.93. The molecule has 7 nitrogen and oxygen atoms in total. The Morgan fingerprint density at radius 3 is 2.46 bits per heavy atom. The average Bonchev–Trinajstić information content (AvgIpc) is 2.80. The first-order chi connectivity index (χ1) is 16.7. The van der Waals surface area contributed by atoms with Crippen LogP contribution in [-0.4, -0.2) is 28.0 Å². The topological polar surface area (TPSA) is 90.3 Å². The van der Waals surface area contributed by atoms with Gasteiger partial charge in [0.05, 0.1) is 12.6 Å². The number of nitrogens with one attached hydrogen (secondary N) is 1. The first kappa shape index (κ1) is 25.9. The Bertz CT molecular complexity index is 1240. The van der Waals surface area contributed by atoms with Gasteiger partial charge in [0.25, 0.3) is 5.56 Å². The number of hydrogen-bond donors (Lipinski definition) is 1. The van der Waals surface area contributed by atoms with E-state index in [1.807, 2.05) is 58.9 Å². The van der Waals surface area contributed by atoms with E-state index in [0.717, 1.165) is 34.2 Å². The third kappa shape index (κ3) is 6.44. The zero-order valence-electron chi connectivity index (χ0n) is 21.0. The van der Waals surface area contributed by atoms with Crippen molar-refractivity contribution >= 4 is 11.9 Å². The third-order valence-electron chi connectivity index (χ3n) is 6.20. The summed E-state index contributed by atoms with van der Waals surface area (Å²) in [6, 6.07) is 10.5. The number of benzene rings is 1. The smallest absolute Gasteiger partial charge is 0.313 e. The summed E-state index contributed by atoms with van der Waals surface area (Å²) in [5.74, 6) is -0.471. The molecule has 35 heavy (non-hydrogen) atoms. The number of carbonyl (C=O) groups excluding carboxylic acids is 2. The molecule has 0 aliphatic rings. The molecule has 3 rings (SSSR count). The number of carbonyl (C=O) groups is 2. The fourth-order valence-corrected chi connectivity index (χ4v) is 4.16. The van der Waals surface area contributed by atoms with Crippen molar-refractivity contribution in [3.8, 4) is 16.9 Å². The maximum absolute atomic E-state index is 13.0. The lowest BCUT2D eigenvalue weighted by Crippen LogP contribution is -2.41. The van der Waals surface area contributed by atoms with Gasteiger partial charge in [0.15, 0.2) is 0 Å². The number of pyridine rings is 2. The monoisotopic (exact) mass is 475 g/mol. The van der Waals surface area contributed by atoms with Gasteiger partial charge in [0.2, 0.25) is 5.91 Å². The molecule has 0 radical (unpaired) electrons. The minimum absolute atomic E-state index is 0.00458. The van der Waals surface area contributed by atoms with E-state index in [2.05, 4.69) is 10.3 Å². The van der Waals surface area contributed by atoms with Crippen molar-refractivity contribution in [2.75, 3.05) is 6.54 Å². The number of rotatable bonds is 9. The molecule has 0 bridgehead atoms. The Kier molecular flexibility index (Phi) is 8.58. The van der Waals surface area contributed by atoms with Gasteiger partial charge in [0.1, 0.15) is 11.8 Å². The van der Waals surface area contributed by atoms with Crippen LogP contribution in [0.15, 0.2) is 59.8 Å². The minimum atomic E-state index is -0.651. The highest BCUT2D eigenvalue weighted by atomic mass is 16.5. The molecule has 0 aliphatic heterocycles. The number of hydrogen-bond acceptors (Lipinski definition) is 5. The van der Waals surface area contributed by atoms with Crippen molar-refractivity contribution in [3.63, 3.8) is 0 Å². The van der Waals surface area contributed by atoms with Crippen LogP contribution in [0.4, 0.5) is 0 Å². The summed E-state index contributed by atoms with van der Waals surface area (Å²) in [5, 5.41) is 2.79. The first-order valence-electron chi connectivity index (χ1n) is 11.9. The Hall–Kier alpha value is -3.74. The quantitative estimate of drug-likeness (QED) is 0.459. The molecule has 1 amide bonds. The first-order valence-corrected chi connectivity index (χ1v) is 11.9. The number of aromatic nitrogens is 2. The maximum atomic E-state index is 13.0. The Balaban J connectivity index is 1.63. The van der Waals surface area contributed by atoms with Crippen LogP contribution in [0.25, 0.3) is 11.1 Å². The number of amides is 1. The number of nitrogens with zero attached hydrogens (tertiary/aromatic N) is 2. The summed E-state index contributed by atoms with van der Waals surface area (Å²) >= 11 is 0. The molecule has 0 fully saturated rings. The van der Waals surface area contributed by atoms with Crippen LogP contribution in [-0.2, 0) is 9.59 Å². The SMILES string of the molecule is CCC(C)C(C(=O)NCCC(=O)Oc1cncc(-c2c(C)cccc2C)c1)n1ccc(C)cc1=O. The zero-order valence-corrected chi connectivity index (χ0v) is 21.0. The minimum Gasteiger partial charge on any atom is -0.425 e. The Morgan fingerprint density at radius 1 is 1.09 bits per heavy atom. The summed E-state index contributed by atoms with van der Waals surface area (Å²) in [6.07, 6.45) is 5.61. The predicted molar refractivity (Wildman–Crippen MR) is 136 cm³/mol. The van der Waals surface area contributed by atoms with Crippen molar-refractivity contribution < 1.29 is 14.3 Å². The maximum Gasteiger partial charge on any atom is 0.313 e. The average molecular weight is 476 g/mol. The second-order valence-electron chi connectivity index (χ2n) is 8.97. The van der Waals surface area contributed by atoms with E-state index in [4.69, 9.17) is 4.74 Å². The predicted octanol–water partition coefficient (Wildman–Crippen LogP) is 4.53. The highest BCUT2D eigenvalue weighted by molar-refractivity contribution is 5.81. The molecule has 0 spiro atoms. The van der Waals surface area contributed by atoms with Crippen molar-refractivity contribution in [1.82, 2.24) is 14.9 Å². The van der Waals surface area contributed by atoms with Crippen LogP contribution in [0.3, 0.4) is 0 Å². The number of ether oxygens (including phenoxy) is 1. The second-order valence-corrected chi connectivity index (χ2v) is 8.97. The molecule has 7 heteroatoms. The van der Waals surface area contributed by atoms with E-state index >= 15 is 0 Å². The summed E-state index contributed by atoms with van der Waals surface area (Å²) in [5.41, 5.74) is 4.78. The lowest BCUT2D eigenvalue weighted by atomic mass is 9.97.